The molecule has 2 atom stereocenters. The zero-order chi connectivity index (χ0) is 16.8. The Bertz CT molecular complexity index is 280. The highest BCUT2D eigenvalue weighted by Gasteiger charge is 2.12. The van der Waals surface area contributed by atoms with Gasteiger partial charge in [0.1, 0.15) is 6.17 Å². The van der Waals surface area contributed by atoms with Crippen molar-refractivity contribution in [3.63, 3.8) is 0 Å². The normalized spacial score (nSPS) is 14.1. The van der Waals surface area contributed by atoms with Gasteiger partial charge in [-0.1, -0.05) is 13.8 Å². The van der Waals surface area contributed by atoms with Gasteiger partial charge in [-0.15, -0.1) is 0 Å². The second-order valence-electron chi connectivity index (χ2n) is 5.43. The molecule has 0 aromatic heterocycles. The second-order valence-corrected chi connectivity index (χ2v) is 5.43. The van der Waals surface area contributed by atoms with Crippen molar-refractivity contribution in [1.29, 1.82) is 0 Å². The van der Waals surface area contributed by atoms with E-state index in [4.69, 9.17) is 14.2 Å². The first-order chi connectivity index (χ1) is 10.5. The predicted molar refractivity (Wildman–Crippen MR) is 83.7 cm³/mol. The smallest absolute Gasteiger partial charge is 0.222 e. The van der Waals surface area contributed by atoms with Crippen LogP contribution in [0.15, 0.2) is 0 Å². The minimum atomic E-state index is -1.21. The van der Waals surface area contributed by atoms with E-state index in [1.807, 2.05) is 14.0 Å². The quantitative estimate of drug-likeness (QED) is 0.462. The molecule has 0 bridgehead atoms. The summed E-state index contributed by atoms with van der Waals surface area (Å²) in [6.07, 6.45) is -1.33. The Hall–Kier alpha value is -0.760. The number of rotatable bonds is 14. The molecular weight excluding hydrogens is 291 g/mol. The van der Waals surface area contributed by atoms with Gasteiger partial charge in [0.2, 0.25) is 5.91 Å². The number of hydrogen-bond donors (Lipinski definition) is 2. The third-order valence-electron chi connectivity index (χ3n) is 2.80. The van der Waals surface area contributed by atoms with Crippen molar-refractivity contribution in [3.05, 3.63) is 0 Å². The maximum Gasteiger partial charge on any atom is 0.222 e. The monoisotopic (exact) mass is 322 g/mol. The third kappa shape index (κ3) is 12.9. The van der Waals surface area contributed by atoms with Crippen molar-refractivity contribution in [1.82, 2.24) is 10.6 Å². The summed E-state index contributed by atoms with van der Waals surface area (Å²) in [5.74, 6) is -0.297. The molecule has 2 N–H and O–H groups in total. The molecule has 0 rings (SSSR count). The van der Waals surface area contributed by atoms with Gasteiger partial charge in [-0.05, 0) is 14.0 Å². The van der Waals surface area contributed by atoms with Gasteiger partial charge < -0.3 is 24.8 Å². The van der Waals surface area contributed by atoms with Crippen LogP contribution in [0, 0.1) is 5.92 Å². The zero-order valence-electron chi connectivity index (χ0n) is 14.2. The van der Waals surface area contributed by atoms with Crippen molar-refractivity contribution in [2.24, 2.45) is 5.92 Å². The number of hydrogen-bond acceptors (Lipinski definition) is 5. The maximum atomic E-state index is 13.5. The van der Waals surface area contributed by atoms with Crippen molar-refractivity contribution in [3.8, 4) is 0 Å². The SMILES string of the molecule is CNCCOCCOC(C)COCC(F)CNC(=O)C(C)C. The number of ether oxygens (including phenoxy) is 3. The summed E-state index contributed by atoms with van der Waals surface area (Å²) in [5.41, 5.74) is 0. The number of halogens is 1. The Balaban J connectivity index is 3.46. The van der Waals surface area contributed by atoms with Crippen molar-refractivity contribution in [2.45, 2.75) is 33.0 Å². The van der Waals surface area contributed by atoms with Gasteiger partial charge >= 0.3 is 0 Å². The minimum Gasteiger partial charge on any atom is -0.378 e. The molecule has 2 unspecified atom stereocenters. The summed E-state index contributed by atoms with van der Waals surface area (Å²) in [5, 5.41) is 5.51. The molecule has 0 aromatic carbocycles. The van der Waals surface area contributed by atoms with Crippen LogP contribution in [0.1, 0.15) is 20.8 Å². The summed E-state index contributed by atoms with van der Waals surface area (Å²) in [6.45, 7) is 8.10. The third-order valence-corrected chi connectivity index (χ3v) is 2.80. The van der Waals surface area contributed by atoms with E-state index in [1.54, 1.807) is 13.8 Å². The summed E-state index contributed by atoms with van der Waals surface area (Å²) in [7, 11) is 1.87. The van der Waals surface area contributed by atoms with Crippen LogP contribution in [0.4, 0.5) is 4.39 Å². The van der Waals surface area contributed by atoms with Crippen molar-refractivity contribution in [2.75, 3.05) is 53.2 Å². The fourth-order valence-electron chi connectivity index (χ4n) is 1.47. The molecule has 0 aliphatic heterocycles. The summed E-state index contributed by atoms with van der Waals surface area (Å²) in [6, 6.07) is 0. The topological polar surface area (TPSA) is 68.8 Å². The molecule has 0 spiro atoms. The Labute approximate surface area is 133 Å². The second kappa shape index (κ2) is 13.9. The van der Waals surface area contributed by atoms with E-state index in [1.165, 1.54) is 0 Å². The van der Waals surface area contributed by atoms with E-state index in [9.17, 15) is 9.18 Å². The lowest BCUT2D eigenvalue weighted by atomic mass is 10.2. The van der Waals surface area contributed by atoms with E-state index in [-0.39, 0.29) is 31.1 Å². The van der Waals surface area contributed by atoms with Crippen molar-refractivity contribution < 1.29 is 23.4 Å². The number of carbonyl (C=O) groups is 1. The van der Waals surface area contributed by atoms with Crippen molar-refractivity contribution >= 4 is 5.91 Å². The van der Waals surface area contributed by atoms with E-state index < -0.39 is 6.17 Å². The molecule has 0 aliphatic carbocycles. The van der Waals surface area contributed by atoms with Crippen LogP contribution >= 0.6 is 0 Å². The first-order valence-corrected chi connectivity index (χ1v) is 7.80. The lowest BCUT2D eigenvalue weighted by molar-refractivity contribution is -0.124. The number of nitrogens with one attached hydrogen (secondary N) is 2. The fraction of sp³-hybridized carbons (Fsp3) is 0.933. The van der Waals surface area contributed by atoms with Crippen LogP contribution in [0.3, 0.4) is 0 Å². The van der Waals surface area contributed by atoms with Gasteiger partial charge in [-0.2, -0.15) is 0 Å². The summed E-state index contributed by atoms with van der Waals surface area (Å²) < 4.78 is 29.5. The molecular formula is C15H31FN2O4. The number of amides is 1. The lowest BCUT2D eigenvalue weighted by Gasteiger charge is -2.15. The van der Waals surface area contributed by atoms with Crippen LogP contribution < -0.4 is 10.6 Å². The largest absolute Gasteiger partial charge is 0.378 e. The Morgan fingerprint density at radius 2 is 1.82 bits per heavy atom. The summed E-state index contributed by atoms with van der Waals surface area (Å²) in [4.78, 5) is 11.3. The van der Waals surface area contributed by atoms with Gasteiger partial charge in [-0.3, -0.25) is 4.79 Å². The highest BCUT2D eigenvalue weighted by Crippen LogP contribution is 1.97. The number of alkyl halides is 1. The number of carbonyl (C=O) groups excluding carboxylic acids is 1. The predicted octanol–water partition coefficient (Wildman–Crippen LogP) is 0.754. The Kier molecular flexibility index (Phi) is 13.4. The minimum absolute atomic E-state index is 0.0223. The molecule has 1 amide bonds. The molecule has 0 aromatic rings. The van der Waals surface area contributed by atoms with Gasteiger partial charge in [0.15, 0.2) is 0 Å². The Morgan fingerprint density at radius 3 is 2.45 bits per heavy atom. The van der Waals surface area contributed by atoms with E-state index in [2.05, 4.69) is 10.6 Å². The molecule has 0 fully saturated rings. The molecule has 22 heavy (non-hydrogen) atoms. The fourth-order valence-corrected chi connectivity index (χ4v) is 1.47. The summed E-state index contributed by atoms with van der Waals surface area (Å²) >= 11 is 0. The molecule has 0 aliphatic rings. The molecule has 132 valence electrons. The van der Waals surface area contributed by atoms with E-state index >= 15 is 0 Å². The molecule has 0 heterocycles. The van der Waals surface area contributed by atoms with E-state index in [0.717, 1.165) is 6.54 Å². The van der Waals surface area contributed by atoms with Crippen LogP contribution in [0.5, 0.6) is 0 Å². The maximum absolute atomic E-state index is 13.5. The molecule has 6 nitrogen and oxygen atoms in total. The highest BCUT2D eigenvalue weighted by molar-refractivity contribution is 5.77. The van der Waals surface area contributed by atoms with Crippen LogP contribution in [0.25, 0.3) is 0 Å². The lowest BCUT2D eigenvalue weighted by Crippen LogP contribution is -2.35. The molecule has 0 radical (unpaired) electrons. The zero-order valence-corrected chi connectivity index (χ0v) is 14.2. The van der Waals surface area contributed by atoms with Crippen LogP contribution in [-0.2, 0) is 19.0 Å². The molecule has 0 saturated carbocycles. The molecule has 7 heteroatoms. The van der Waals surface area contributed by atoms with E-state index in [0.29, 0.717) is 26.4 Å². The number of likely N-dealkylation sites (N-methyl/N-ethyl adjacent to an activating group) is 1. The van der Waals surface area contributed by atoms with Gasteiger partial charge in [-0.25, -0.2) is 4.39 Å². The van der Waals surface area contributed by atoms with Gasteiger partial charge in [0.05, 0.1) is 45.7 Å². The van der Waals surface area contributed by atoms with Gasteiger partial charge in [0, 0.05) is 12.5 Å². The van der Waals surface area contributed by atoms with Crippen LogP contribution in [0.2, 0.25) is 0 Å². The average molecular weight is 322 g/mol. The first-order valence-electron chi connectivity index (χ1n) is 7.80. The molecule has 0 saturated heterocycles. The first kappa shape index (κ1) is 21.2. The van der Waals surface area contributed by atoms with Crippen LogP contribution in [-0.4, -0.2) is 71.4 Å². The average Bonchev–Trinajstić information content (AvgIpc) is 2.48. The van der Waals surface area contributed by atoms with Gasteiger partial charge in [0.25, 0.3) is 0 Å². The standard InChI is InChI=1S/C15H31FN2O4/c1-12(2)15(19)18-9-14(16)11-21-10-13(3)22-8-7-20-6-5-17-4/h12-14,17H,5-11H2,1-4H3,(H,18,19). The Morgan fingerprint density at radius 1 is 1.09 bits per heavy atom. The highest BCUT2D eigenvalue weighted by atomic mass is 19.1.